The predicted octanol–water partition coefficient (Wildman–Crippen LogP) is 1.49. The smallest absolute Gasteiger partial charge is 0.380 e. The average molecular weight is 259 g/mol. The number of rotatable bonds is 2. The lowest BCUT2D eigenvalue weighted by Gasteiger charge is -2.14. The van der Waals surface area contributed by atoms with Gasteiger partial charge in [-0.1, -0.05) is 18.2 Å². The van der Waals surface area contributed by atoms with E-state index in [-0.39, 0.29) is 0 Å². The third-order valence-corrected chi connectivity index (χ3v) is 2.04. The number of carbonyl (C=O) groups is 1. The van der Waals surface area contributed by atoms with Gasteiger partial charge < -0.3 is 4.84 Å². The highest BCUT2D eigenvalue weighted by molar-refractivity contribution is 5.93. The molecule has 1 aliphatic heterocycles. The second-order valence-corrected chi connectivity index (χ2v) is 3.36. The van der Waals surface area contributed by atoms with E-state index in [1.807, 2.05) is 5.59 Å². The van der Waals surface area contributed by atoms with Gasteiger partial charge in [-0.25, -0.2) is 5.43 Å². The quantitative estimate of drug-likeness (QED) is 0.844. The van der Waals surface area contributed by atoms with Gasteiger partial charge in [-0.15, -0.1) is 0 Å². The van der Waals surface area contributed by atoms with Crippen molar-refractivity contribution < 1.29 is 22.8 Å². The van der Waals surface area contributed by atoms with Crippen molar-refractivity contribution in [1.82, 2.24) is 16.1 Å². The standard InChI is InChI=1S/C10H8F3N3O2/c11-10(12,13)8-6-16(15-18-8)14-9(17)7-4-2-1-3-5-7/h1-6,15H,(H,14,17). The van der Waals surface area contributed by atoms with E-state index in [9.17, 15) is 18.0 Å². The number of hydrazine groups is 2. The highest BCUT2D eigenvalue weighted by Crippen LogP contribution is 2.27. The third-order valence-electron chi connectivity index (χ3n) is 2.04. The van der Waals surface area contributed by atoms with Gasteiger partial charge in [0.1, 0.15) is 0 Å². The molecule has 2 N–H and O–H groups in total. The molecule has 0 saturated heterocycles. The van der Waals surface area contributed by atoms with Crippen molar-refractivity contribution in [2.75, 3.05) is 0 Å². The van der Waals surface area contributed by atoms with Crippen molar-refractivity contribution in [3.63, 3.8) is 0 Å². The van der Waals surface area contributed by atoms with Crippen LogP contribution in [0.15, 0.2) is 42.3 Å². The second kappa shape index (κ2) is 4.57. The molecule has 0 spiro atoms. The molecule has 1 aliphatic rings. The van der Waals surface area contributed by atoms with Crippen molar-refractivity contribution in [2.24, 2.45) is 0 Å². The average Bonchev–Trinajstić information content (AvgIpc) is 2.78. The molecule has 0 bridgehead atoms. The predicted molar refractivity (Wildman–Crippen MR) is 54.1 cm³/mol. The molecule has 96 valence electrons. The molecular weight excluding hydrogens is 251 g/mol. The lowest BCUT2D eigenvalue weighted by molar-refractivity contribution is -0.145. The molecule has 1 heterocycles. The highest BCUT2D eigenvalue weighted by atomic mass is 19.4. The molecule has 5 nitrogen and oxygen atoms in total. The van der Waals surface area contributed by atoms with E-state index in [2.05, 4.69) is 10.3 Å². The Morgan fingerprint density at radius 3 is 2.50 bits per heavy atom. The molecule has 8 heteroatoms. The summed E-state index contributed by atoms with van der Waals surface area (Å²) in [5.41, 5.74) is 4.39. The number of halogens is 3. The summed E-state index contributed by atoms with van der Waals surface area (Å²) < 4.78 is 36.7. The number of amides is 1. The van der Waals surface area contributed by atoms with Crippen LogP contribution in [-0.4, -0.2) is 17.2 Å². The minimum atomic E-state index is -4.61. The summed E-state index contributed by atoms with van der Waals surface area (Å²) in [7, 11) is 0. The van der Waals surface area contributed by atoms with Gasteiger partial charge >= 0.3 is 6.18 Å². The molecule has 1 aromatic carbocycles. The molecular formula is C10H8F3N3O2. The van der Waals surface area contributed by atoms with Crippen LogP contribution in [0.2, 0.25) is 0 Å². The van der Waals surface area contributed by atoms with Crippen LogP contribution in [0.25, 0.3) is 0 Å². The summed E-state index contributed by atoms with van der Waals surface area (Å²) in [6, 6.07) is 8.05. The van der Waals surface area contributed by atoms with E-state index in [0.717, 1.165) is 0 Å². The molecule has 0 radical (unpaired) electrons. The van der Waals surface area contributed by atoms with Crippen LogP contribution < -0.4 is 11.0 Å². The van der Waals surface area contributed by atoms with E-state index in [0.29, 0.717) is 16.9 Å². The fraction of sp³-hybridized carbons (Fsp3) is 0.100. The van der Waals surface area contributed by atoms with Gasteiger partial charge in [0, 0.05) is 5.56 Å². The van der Waals surface area contributed by atoms with Crippen molar-refractivity contribution >= 4 is 5.91 Å². The molecule has 1 aromatic rings. The second-order valence-electron chi connectivity index (χ2n) is 3.36. The fourth-order valence-corrected chi connectivity index (χ4v) is 1.22. The first-order chi connectivity index (χ1) is 8.47. The van der Waals surface area contributed by atoms with E-state index in [1.54, 1.807) is 18.2 Å². The minimum absolute atomic E-state index is 0.313. The Morgan fingerprint density at radius 2 is 1.94 bits per heavy atom. The zero-order valence-electron chi connectivity index (χ0n) is 8.86. The van der Waals surface area contributed by atoms with Gasteiger partial charge in [-0.2, -0.15) is 18.3 Å². The van der Waals surface area contributed by atoms with E-state index >= 15 is 0 Å². The monoisotopic (exact) mass is 259 g/mol. The van der Waals surface area contributed by atoms with Crippen LogP contribution in [0.3, 0.4) is 0 Å². The Labute approximate surface area is 99.7 Å². The van der Waals surface area contributed by atoms with Crippen LogP contribution in [0.5, 0.6) is 0 Å². The summed E-state index contributed by atoms with van der Waals surface area (Å²) in [5.74, 6) is -1.80. The van der Waals surface area contributed by atoms with Crippen LogP contribution >= 0.6 is 0 Å². The number of allylic oxidation sites excluding steroid dienone is 1. The van der Waals surface area contributed by atoms with Gasteiger partial charge in [0.2, 0.25) is 5.76 Å². The molecule has 1 amide bonds. The van der Waals surface area contributed by atoms with Crippen LogP contribution in [-0.2, 0) is 4.84 Å². The number of nitrogens with one attached hydrogen (secondary N) is 2. The number of benzene rings is 1. The molecule has 2 rings (SSSR count). The van der Waals surface area contributed by atoms with E-state index < -0.39 is 17.8 Å². The summed E-state index contributed by atoms with van der Waals surface area (Å²) in [5, 5.41) is 0.693. The Bertz CT molecular complexity index is 473. The molecule has 0 fully saturated rings. The molecule has 0 saturated carbocycles. The first kappa shape index (κ1) is 12.2. The van der Waals surface area contributed by atoms with Gasteiger partial charge in [0.05, 0.1) is 6.20 Å². The normalized spacial score (nSPS) is 15.1. The molecule has 0 atom stereocenters. The number of carbonyl (C=O) groups excluding carboxylic acids is 1. The van der Waals surface area contributed by atoms with Gasteiger partial charge in [-0.05, 0) is 17.7 Å². The highest BCUT2D eigenvalue weighted by Gasteiger charge is 2.40. The van der Waals surface area contributed by atoms with Crippen molar-refractivity contribution in [2.45, 2.75) is 6.18 Å². The number of nitrogens with zero attached hydrogens (tertiary/aromatic N) is 1. The molecule has 0 aliphatic carbocycles. The fourth-order valence-electron chi connectivity index (χ4n) is 1.22. The minimum Gasteiger partial charge on any atom is -0.380 e. The summed E-state index contributed by atoms with van der Waals surface area (Å²) in [6.45, 7) is 0. The maximum absolute atomic E-state index is 12.2. The zero-order chi connectivity index (χ0) is 13.2. The lowest BCUT2D eigenvalue weighted by Crippen LogP contribution is -2.43. The molecule has 18 heavy (non-hydrogen) atoms. The van der Waals surface area contributed by atoms with E-state index in [4.69, 9.17) is 0 Å². The third kappa shape index (κ3) is 2.72. The Kier molecular flexibility index (Phi) is 3.11. The Hall–Kier alpha value is -2.22. The summed E-state index contributed by atoms with van der Waals surface area (Å²) >= 11 is 0. The topological polar surface area (TPSA) is 53.6 Å². The van der Waals surface area contributed by atoms with Crippen LogP contribution in [0, 0.1) is 0 Å². The summed E-state index contributed by atoms with van der Waals surface area (Å²) in [6.07, 6.45) is -4.01. The van der Waals surface area contributed by atoms with Crippen LogP contribution in [0.4, 0.5) is 13.2 Å². The molecule has 0 unspecified atom stereocenters. The van der Waals surface area contributed by atoms with Crippen LogP contribution in [0.1, 0.15) is 10.4 Å². The SMILES string of the molecule is O=C(NN1C=C(C(F)(F)F)ON1)c1ccccc1. The van der Waals surface area contributed by atoms with Crippen molar-refractivity contribution in [3.8, 4) is 0 Å². The van der Waals surface area contributed by atoms with Gasteiger partial charge in [0.15, 0.2) is 0 Å². The van der Waals surface area contributed by atoms with Crippen molar-refractivity contribution in [1.29, 1.82) is 0 Å². The van der Waals surface area contributed by atoms with Gasteiger partial charge in [0.25, 0.3) is 5.91 Å². The Morgan fingerprint density at radius 1 is 1.28 bits per heavy atom. The Balaban J connectivity index is 2.00. The zero-order valence-corrected chi connectivity index (χ0v) is 8.86. The number of hydrogen-bond donors (Lipinski definition) is 2. The maximum Gasteiger partial charge on any atom is 0.453 e. The first-order valence-corrected chi connectivity index (χ1v) is 4.83. The maximum atomic E-state index is 12.2. The number of alkyl halides is 3. The van der Waals surface area contributed by atoms with Gasteiger partial charge in [-0.3, -0.25) is 4.79 Å². The lowest BCUT2D eigenvalue weighted by atomic mass is 10.2. The summed E-state index contributed by atoms with van der Waals surface area (Å²) in [4.78, 5) is 15.8. The molecule has 0 aromatic heterocycles. The van der Waals surface area contributed by atoms with Crippen molar-refractivity contribution in [3.05, 3.63) is 47.9 Å². The first-order valence-electron chi connectivity index (χ1n) is 4.83. The number of hydrogen-bond acceptors (Lipinski definition) is 4. The van der Waals surface area contributed by atoms with E-state index in [1.165, 1.54) is 12.1 Å². The largest absolute Gasteiger partial charge is 0.453 e.